The van der Waals surface area contributed by atoms with Gasteiger partial charge in [0.25, 0.3) is 0 Å². The fourth-order valence-electron chi connectivity index (χ4n) is 2.16. The summed E-state index contributed by atoms with van der Waals surface area (Å²) in [5.41, 5.74) is 2.41. The predicted molar refractivity (Wildman–Crippen MR) is 87.0 cm³/mol. The van der Waals surface area contributed by atoms with Crippen molar-refractivity contribution in [3.05, 3.63) is 53.5 Å². The lowest BCUT2D eigenvalue weighted by Crippen LogP contribution is -2.14. The van der Waals surface area contributed by atoms with Gasteiger partial charge in [-0.05, 0) is 25.3 Å². The topological polar surface area (TPSA) is 67.3 Å². The molecule has 0 radical (unpaired) electrons. The lowest BCUT2D eigenvalue weighted by molar-refractivity contribution is 0.0992. The number of benzene rings is 1. The van der Waals surface area contributed by atoms with Crippen LogP contribution in [0.3, 0.4) is 0 Å². The van der Waals surface area contributed by atoms with Crippen molar-refractivity contribution in [3.63, 3.8) is 0 Å². The monoisotopic (exact) mass is 301 g/mol. The highest BCUT2D eigenvalue weighted by molar-refractivity contribution is 5.43. The van der Waals surface area contributed by atoms with E-state index in [1.54, 1.807) is 0 Å². The van der Waals surface area contributed by atoms with E-state index in [9.17, 15) is 0 Å². The number of hydrogen-bond donors (Lipinski definition) is 2. The molecule has 0 amide bonds. The van der Waals surface area contributed by atoms with Crippen molar-refractivity contribution in [2.75, 3.05) is 31.7 Å². The molecule has 0 saturated heterocycles. The zero-order valence-electron chi connectivity index (χ0n) is 13.0. The molecule has 0 bridgehead atoms. The van der Waals surface area contributed by atoms with Crippen LogP contribution < -0.4 is 5.32 Å². The number of rotatable bonds is 9. The van der Waals surface area contributed by atoms with Crippen molar-refractivity contribution in [3.8, 4) is 0 Å². The number of aliphatic hydroxyl groups excluding tert-OH is 1. The van der Waals surface area contributed by atoms with Gasteiger partial charge in [-0.15, -0.1) is 0 Å². The minimum atomic E-state index is 0.0505. The summed E-state index contributed by atoms with van der Waals surface area (Å²) in [7, 11) is 0. The fourth-order valence-corrected chi connectivity index (χ4v) is 2.16. The second-order valence-corrected chi connectivity index (χ2v) is 5.04. The zero-order chi connectivity index (χ0) is 15.6. The summed E-state index contributed by atoms with van der Waals surface area (Å²) in [6.07, 6.45) is 3.75. The van der Waals surface area contributed by atoms with E-state index in [0.29, 0.717) is 19.8 Å². The first-order valence-electron chi connectivity index (χ1n) is 7.58. The Kier molecular flexibility index (Phi) is 6.80. The zero-order valence-corrected chi connectivity index (χ0v) is 13.0. The third kappa shape index (κ3) is 5.42. The van der Waals surface area contributed by atoms with Crippen LogP contribution in [0.4, 0.5) is 5.82 Å². The summed E-state index contributed by atoms with van der Waals surface area (Å²) < 4.78 is 5.25. The number of ether oxygens (including phenoxy) is 1. The minimum Gasteiger partial charge on any atom is -0.394 e. The Morgan fingerprint density at radius 1 is 1.14 bits per heavy atom. The van der Waals surface area contributed by atoms with Crippen LogP contribution in [0.25, 0.3) is 0 Å². The lowest BCUT2D eigenvalue weighted by atomic mass is 10.1. The molecule has 5 heteroatoms. The van der Waals surface area contributed by atoms with Crippen molar-refractivity contribution in [1.29, 1.82) is 0 Å². The molecule has 5 nitrogen and oxygen atoms in total. The number of aryl methyl sites for hydroxylation is 3. The van der Waals surface area contributed by atoms with E-state index in [4.69, 9.17) is 9.84 Å². The van der Waals surface area contributed by atoms with Gasteiger partial charge in [-0.1, -0.05) is 30.3 Å². The molecule has 0 fully saturated rings. The van der Waals surface area contributed by atoms with Crippen LogP contribution in [0.15, 0.2) is 36.5 Å². The first kappa shape index (κ1) is 16.4. The van der Waals surface area contributed by atoms with Gasteiger partial charge in [-0.2, -0.15) is 0 Å². The number of aliphatic hydroxyl groups is 1. The average molecular weight is 301 g/mol. The molecule has 1 aromatic carbocycles. The van der Waals surface area contributed by atoms with E-state index < -0.39 is 0 Å². The summed E-state index contributed by atoms with van der Waals surface area (Å²) in [5, 5.41) is 12.0. The standard InChI is InChI=1S/C17H23N3O2/c1-14-19-13-16(8-7-15-5-3-2-4-6-15)17(20-14)18-9-11-22-12-10-21/h2-6,13,21H,7-12H2,1H3,(H,18,19,20). The van der Waals surface area contributed by atoms with Crippen LogP contribution >= 0.6 is 0 Å². The number of hydrogen-bond acceptors (Lipinski definition) is 5. The number of aromatic nitrogens is 2. The van der Waals surface area contributed by atoms with Gasteiger partial charge in [0.1, 0.15) is 11.6 Å². The maximum absolute atomic E-state index is 8.68. The first-order valence-corrected chi connectivity index (χ1v) is 7.58. The SMILES string of the molecule is Cc1ncc(CCc2ccccc2)c(NCCOCCO)n1. The molecule has 0 aliphatic heterocycles. The largest absolute Gasteiger partial charge is 0.394 e. The highest BCUT2D eigenvalue weighted by Crippen LogP contribution is 2.14. The smallest absolute Gasteiger partial charge is 0.132 e. The summed E-state index contributed by atoms with van der Waals surface area (Å²) in [6.45, 7) is 3.51. The van der Waals surface area contributed by atoms with Crippen molar-refractivity contribution < 1.29 is 9.84 Å². The maximum Gasteiger partial charge on any atom is 0.132 e. The van der Waals surface area contributed by atoms with Crippen LogP contribution in [0, 0.1) is 6.92 Å². The van der Waals surface area contributed by atoms with E-state index in [0.717, 1.165) is 30.0 Å². The molecule has 118 valence electrons. The Hall–Kier alpha value is -1.98. The summed E-state index contributed by atoms with van der Waals surface area (Å²) in [5.74, 6) is 1.62. The van der Waals surface area contributed by atoms with Crippen molar-refractivity contribution in [1.82, 2.24) is 9.97 Å². The fraction of sp³-hybridized carbons (Fsp3) is 0.412. The maximum atomic E-state index is 8.68. The van der Waals surface area contributed by atoms with Crippen molar-refractivity contribution in [2.24, 2.45) is 0 Å². The molecule has 2 rings (SSSR count). The molecule has 0 aliphatic rings. The van der Waals surface area contributed by atoms with Crippen LogP contribution in [0.1, 0.15) is 17.0 Å². The normalized spacial score (nSPS) is 10.6. The molecule has 0 atom stereocenters. The third-order valence-electron chi connectivity index (χ3n) is 3.29. The molecule has 0 unspecified atom stereocenters. The average Bonchev–Trinajstić information content (AvgIpc) is 2.55. The summed E-state index contributed by atoms with van der Waals surface area (Å²) in [4.78, 5) is 8.77. The van der Waals surface area contributed by atoms with Gasteiger partial charge < -0.3 is 15.2 Å². The second-order valence-electron chi connectivity index (χ2n) is 5.04. The molecule has 2 aromatic rings. The van der Waals surface area contributed by atoms with Gasteiger partial charge in [0.15, 0.2) is 0 Å². The van der Waals surface area contributed by atoms with Crippen molar-refractivity contribution >= 4 is 5.82 Å². The Morgan fingerprint density at radius 2 is 1.95 bits per heavy atom. The molecule has 1 heterocycles. The van der Waals surface area contributed by atoms with Crippen LogP contribution in [0.2, 0.25) is 0 Å². The highest BCUT2D eigenvalue weighted by atomic mass is 16.5. The van der Waals surface area contributed by atoms with Gasteiger partial charge in [0.2, 0.25) is 0 Å². The molecule has 1 aromatic heterocycles. The van der Waals surface area contributed by atoms with E-state index in [1.807, 2.05) is 19.2 Å². The molecular weight excluding hydrogens is 278 g/mol. The Balaban J connectivity index is 1.92. The molecule has 2 N–H and O–H groups in total. The quantitative estimate of drug-likeness (QED) is 0.693. The van der Waals surface area contributed by atoms with E-state index in [-0.39, 0.29) is 6.61 Å². The molecule has 22 heavy (non-hydrogen) atoms. The van der Waals surface area contributed by atoms with E-state index >= 15 is 0 Å². The molecule has 0 spiro atoms. The third-order valence-corrected chi connectivity index (χ3v) is 3.29. The van der Waals surface area contributed by atoms with E-state index in [2.05, 4.69) is 39.6 Å². The van der Waals surface area contributed by atoms with Crippen LogP contribution in [-0.4, -0.2) is 41.4 Å². The Labute approximate surface area is 131 Å². The van der Waals surface area contributed by atoms with Crippen molar-refractivity contribution in [2.45, 2.75) is 19.8 Å². The lowest BCUT2D eigenvalue weighted by Gasteiger charge is -2.11. The minimum absolute atomic E-state index is 0.0505. The van der Waals surface area contributed by atoms with Gasteiger partial charge in [0.05, 0.1) is 19.8 Å². The summed E-state index contributed by atoms with van der Waals surface area (Å²) >= 11 is 0. The molecule has 0 saturated carbocycles. The Morgan fingerprint density at radius 3 is 2.73 bits per heavy atom. The van der Waals surface area contributed by atoms with Crippen LogP contribution in [-0.2, 0) is 17.6 Å². The Bertz CT molecular complexity index is 561. The number of anilines is 1. The van der Waals surface area contributed by atoms with Gasteiger partial charge in [-0.3, -0.25) is 0 Å². The summed E-state index contributed by atoms with van der Waals surface area (Å²) in [6, 6.07) is 10.4. The van der Waals surface area contributed by atoms with Gasteiger partial charge in [-0.25, -0.2) is 9.97 Å². The van der Waals surface area contributed by atoms with E-state index in [1.165, 1.54) is 5.56 Å². The molecular formula is C17H23N3O2. The van der Waals surface area contributed by atoms with Gasteiger partial charge >= 0.3 is 0 Å². The highest BCUT2D eigenvalue weighted by Gasteiger charge is 2.06. The van der Waals surface area contributed by atoms with Crippen LogP contribution in [0.5, 0.6) is 0 Å². The van der Waals surface area contributed by atoms with Gasteiger partial charge in [0, 0.05) is 18.3 Å². The predicted octanol–water partition coefficient (Wildman–Crippen LogP) is 1.99. The number of nitrogens with zero attached hydrogens (tertiary/aromatic N) is 2. The number of nitrogens with one attached hydrogen (secondary N) is 1. The first-order chi connectivity index (χ1) is 10.8. The second kappa shape index (κ2) is 9.12. The molecule has 0 aliphatic carbocycles.